The number of H-pyrrole nitrogens is 1. The van der Waals surface area contributed by atoms with Gasteiger partial charge in [0.1, 0.15) is 18.3 Å². The summed E-state index contributed by atoms with van der Waals surface area (Å²) >= 11 is 6.10. The van der Waals surface area contributed by atoms with Gasteiger partial charge in [-0.3, -0.25) is 0 Å². The first kappa shape index (κ1) is 12.5. The summed E-state index contributed by atoms with van der Waals surface area (Å²) in [6, 6.07) is 14.2. The van der Waals surface area contributed by atoms with Crippen molar-refractivity contribution in [2.75, 3.05) is 7.11 Å². The third kappa shape index (κ3) is 1.78. The standard InChI is InChI=1S/C17H13ClN2O/c1-20-16-6-3-11(18)7-10(16)8-15-17(20)13-9-12(21-2)4-5-14(13)19-15/h3-9H,1-2H3/p+1. The first-order valence-electron chi connectivity index (χ1n) is 6.75. The zero-order valence-electron chi connectivity index (χ0n) is 11.8. The van der Waals surface area contributed by atoms with E-state index in [9.17, 15) is 0 Å². The van der Waals surface area contributed by atoms with Crippen molar-refractivity contribution >= 4 is 44.4 Å². The normalized spacial score (nSPS) is 11.6. The minimum atomic E-state index is 0.750. The molecule has 0 unspecified atom stereocenters. The van der Waals surface area contributed by atoms with Gasteiger partial charge in [-0.25, -0.2) is 0 Å². The Bertz CT molecular complexity index is 1000. The Morgan fingerprint density at radius 2 is 1.90 bits per heavy atom. The third-order valence-corrected chi connectivity index (χ3v) is 4.23. The smallest absolute Gasteiger partial charge is 0.238 e. The van der Waals surface area contributed by atoms with Gasteiger partial charge in [-0.1, -0.05) is 11.6 Å². The molecule has 4 heteroatoms. The second-order valence-corrected chi connectivity index (χ2v) is 5.64. The number of methoxy groups -OCH3 is 1. The molecule has 0 saturated carbocycles. The molecule has 0 radical (unpaired) electrons. The van der Waals surface area contributed by atoms with Gasteiger partial charge in [0.2, 0.25) is 11.0 Å². The summed E-state index contributed by atoms with van der Waals surface area (Å²) < 4.78 is 7.54. The molecular formula is C17H14ClN2O+. The molecule has 0 bridgehead atoms. The maximum absolute atomic E-state index is 6.10. The number of rotatable bonds is 1. The van der Waals surface area contributed by atoms with Crippen LogP contribution in [-0.4, -0.2) is 12.1 Å². The molecule has 0 saturated heterocycles. The van der Waals surface area contributed by atoms with E-state index in [1.165, 1.54) is 5.52 Å². The summed E-state index contributed by atoms with van der Waals surface area (Å²) in [6.07, 6.45) is 0. The number of fused-ring (bicyclic) bond motifs is 4. The van der Waals surface area contributed by atoms with Crippen molar-refractivity contribution in [3.63, 3.8) is 0 Å². The summed E-state index contributed by atoms with van der Waals surface area (Å²) in [7, 11) is 3.76. The molecule has 2 aromatic carbocycles. The average molecular weight is 298 g/mol. The van der Waals surface area contributed by atoms with E-state index < -0.39 is 0 Å². The highest BCUT2D eigenvalue weighted by Crippen LogP contribution is 2.29. The van der Waals surface area contributed by atoms with Crippen LogP contribution in [0.2, 0.25) is 5.02 Å². The molecule has 21 heavy (non-hydrogen) atoms. The van der Waals surface area contributed by atoms with Crippen molar-refractivity contribution in [2.24, 2.45) is 7.05 Å². The average Bonchev–Trinajstić information content (AvgIpc) is 2.84. The summed E-state index contributed by atoms with van der Waals surface area (Å²) in [5.74, 6) is 0.861. The van der Waals surface area contributed by atoms with Crippen LogP contribution >= 0.6 is 11.6 Å². The first-order chi connectivity index (χ1) is 10.2. The largest absolute Gasteiger partial charge is 0.497 e. The molecule has 3 nitrogen and oxygen atoms in total. The molecule has 4 aromatic rings. The molecule has 0 aliphatic rings. The molecule has 0 amide bonds. The van der Waals surface area contributed by atoms with Gasteiger partial charge in [-0.15, -0.1) is 0 Å². The highest BCUT2D eigenvalue weighted by Gasteiger charge is 2.17. The molecule has 4 rings (SSSR count). The number of ether oxygens (including phenoxy) is 1. The number of benzene rings is 2. The van der Waals surface area contributed by atoms with E-state index in [1.807, 2.05) is 24.3 Å². The number of nitrogens with zero attached hydrogens (tertiary/aromatic N) is 1. The fourth-order valence-corrected chi connectivity index (χ4v) is 3.17. The van der Waals surface area contributed by atoms with Gasteiger partial charge in [0.15, 0.2) is 0 Å². The second-order valence-electron chi connectivity index (χ2n) is 5.21. The molecule has 104 valence electrons. The van der Waals surface area contributed by atoms with Gasteiger partial charge in [0.25, 0.3) is 0 Å². The number of aromatic nitrogens is 2. The fourth-order valence-electron chi connectivity index (χ4n) is 2.99. The Morgan fingerprint density at radius 3 is 2.71 bits per heavy atom. The predicted octanol–water partition coefficient (Wildman–Crippen LogP) is 3.96. The Kier molecular flexibility index (Phi) is 2.59. The zero-order valence-corrected chi connectivity index (χ0v) is 12.5. The van der Waals surface area contributed by atoms with Crippen molar-refractivity contribution in [1.29, 1.82) is 0 Å². The van der Waals surface area contributed by atoms with E-state index >= 15 is 0 Å². The van der Waals surface area contributed by atoms with E-state index in [1.54, 1.807) is 7.11 Å². The number of hydrogen-bond donors (Lipinski definition) is 1. The van der Waals surface area contributed by atoms with Crippen LogP contribution in [0.1, 0.15) is 0 Å². The predicted molar refractivity (Wildman–Crippen MR) is 86.0 cm³/mol. The van der Waals surface area contributed by atoms with Crippen LogP contribution in [0.3, 0.4) is 0 Å². The van der Waals surface area contributed by atoms with E-state index in [0.717, 1.165) is 38.1 Å². The molecule has 0 atom stereocenters. The van der Waals surface area contributed by atoms with Crippen molar-refractivity contribution in [1.82, 2.24) is 4.98 Å². The number of nitrogens with one attached hydrogen (secondary N) is 1. The van der Waals surface area contributed by atoms with Crippen LogP contribution in [-0.2, 0) is 7.05 Å². The minimum absolute atomic E-state index is 0.750. The van der Waals surface area contributed by atoms with E-state index in [0.29, 0.717) is 0 Å². The van der Waals surface area contributed by atoms with Crippen LogP contribution < -0.4 is 9.30 Å². The molecule has 0 spiro atoms. The molecule has 2 heterocycles. The number of halogens is 1. The quantitative estimate of drug-likeness (QED) is 0.529. The Morgan fingerprint density at radius 1 is 1.05 bits per heavy atom. The Labute approximate surface area is 126 Å². The van der Waals surface area contributed by atoms with Gasteiger partial charge in [-0.2, -0.15) is 4.57 Å². The molecule has 2 aromatic heterocycles. The molecule has 0 fully saturated rings. The van der Waals surface area contributed by atoms with Crippen molar-refractivity contribution in [2.45, 2.75) is 0 Å². The highest BCUT2D eigenvalue weighted by molar-refractivity contribution is 6.31. The zero-order chi connectivity index (χ0) is 14.6. The molecule has 0 aliphatic carbocycles. The number of aromatic amines is 1. The second kappa shape index (κ2) is 4.37. The summed E-state index contributed by atoms with van der Waals surface area (Å²) in [6.45, 7) is 0. The molecule has 0 aliphatic heterocycles. The Hall–Kier alpha value is -2.26. The third-order valence-electron chi connectivity index (χ3n) is 3.99. The van der Waals surface area contributed by atoms with Crippen molar-refractivity contribution in [3.8, 4) is 5.75 Å². The lowest BCUT2D eigenvalue weighted by molar-refractivity contribution is -0.616. The van der Waals surface area contributed by atoms with Crippen molar-refractivity contribution < 1.29 is 9.30 Å². The van der Waals surface area contributed by atoms with Crippen LogP contribution in [0, 0.1) is 0 Å². The van der Waals surface area contributed by atoms with Gasteiger partial charge < -0.3 is 9.72 Å². The number of pyridine rings is 1. The lowest BCUT2D eigenvalue weighted by atomic mass is 10.1. The maximum atomic E-state index is 6.10. The van der Waals surface area contributed by atoms with Crippen LogP contribution in [0.15, 0.2) is 42.5 Å². The monoisotopic (exact) mass is 297 g/mol. The Balaban J connectivity index is 2.21. The van der Waals surface area contributed by atoms with Crippen LogP contribution in [0.4, 0.5) is 0 Å². The topological polar surface area (TPSA) is 28.9 Å². The van der Waals surface area contributed by atoms with E-state index in [4.69, 9.17) is 16.3 Å². The van der Waals surface area contributed by atoms with Crippen molar-refractivity contribution in [3.05, 3.63) is 47.5 Å². The first-order valence-corrected chi connectivity index (χ1v) is 7.13. The summed E-state index contributed by atoms with van der Waals surface area (Å²) in [4.78, 5) is 3.46. The molecule has 1 N–H and O–H groups in total. The summed E-state index contributed by atoms with van der Waals surface area (Å²) in [5, 5.41) is 3.03. The fraction of sp³-hybridized carbons (Fsp3) is 0.118. The van der Waals surface area contributed by atoms with Crippen LogP contribution in [0.5, 0.6) is 5.75 Å². The van der Waals surface area contributed by atoms with E-state index in [2.05, 4.69) is 34.8 Å². The number of aryl methyl sites for hydroxylation is 1. The lowest BCUT2D eigenvalue weighted by Gasteiger charge is -2.00. The van der Waals surface area contributed by atoms with Gasteiger partial charge in [-0.05, 0) is 36.4 Å². The lowest BCUT2D eigenvalue weighted by Crippen LogP contribution is -2.29. The van der Waals surface area contributed by atoms with Gasteiger partial charge in [0, 0.05) is 16.5 Å². The minimum Gasteiger partial charge on any atom is -0.497 e. The van der Waals surface area contributed by atoms with E-state index in [-0.39, 0.29) is 0 Å². The van der Waals surface area contributed by atoms with Crippen LogP contribution in [0.25, 0.3) is 32.8 Å². The SMILES string of the molecule is COc1ccc2[nH]c3cc4cc(Cl)ccc4[n+](C)c3c2c1. The van der Waals surface area contributed by atoms with Gasteiger partial charge in [0.05, 0.1) is 18.0 Å². The summed E-state index contributed by atoms with van der Waals surface area (Å²) in [5.41, 5.74) is 4.51. The maximum Gasteiger partial charge on any atom is 0.238 e. The molecular weight excluding hydrogens is 284 g/mol. The van der Waals surface area contributed by atoms with Gasteiger partial charge >= 0.3 is 0 Å². The highest BCUT2D eigenvalue weighted by atomic mass is 35.5. The number of hydrogen-bond acceptors (Lipinski definition) is 1.